The first-order valence-electron chi connectivity index (χ1n) is 7.03. The minimum absolute atomic E-state index is 0.608. The fraction of sp³-hybridized carbons (Fsp3) is 0.714. The molecule has 0 aromatic carbocycles. The van der Waals surface area contributed by atoms with E-state index in [0.717, 1.165) is 24.3 Å². The van der Waals surface area contributed by atoms with Gasteiger partial charge in [-0.1, -0.05) is 37.8 Å². The molecule has 2 rings (SSSR count). The van der Waals surface area contributed by atoms with Crippen LogP contribution < -0.4 is 4.90 Å². The van der Waals surface area contributed by atoms with E-state index in [1.54, 1.807) is 6.33 Å². The van der Waals surface area contributed by atoms with Crippen LogP contribution in [-0.4, -0.2) is 22.6 Å². The van der Waals surface area contributed by atoms with Gasteiger partial charge in [-0.3, -0.25) is 0 Å². The van der Waals surface area contributed by atoms with E-state index in [1.165, 1.54) is 32.1 Å². The predicted molar refractivity (Wildman–Crippen MR) is 76.3 cm³/mol. The molecular formula is C14H22ClN3. The zero-order chi connectivity index (χ0) is 13.0. The van der Waals surface area contributed by atoms with Crippen molar-refractivity contribution in [1.82, 2.24) is 9.97 Å². The lowest BCUT2D eigenvalue weighted by atomic mass is 9.94. The highest BCUT2D eigenvalue weighted by Gasteiger charge is 2.23. The molecule has 0 spiro atoms. The van der Waals surface area contributed by atoms with Gasteiger partial charge >= 0.3 is 0 Å². The molecule has 4 heteroatoms. The Kier molecular flexibility index (Phi) is 4.81. The van der Waals surface area contributed by atoms with Gasteiger partial charge in [0.1, 0.15) is 17.3 Å². The average molecular weight is 268 g/mol. The maximum absolute atomic E-state index is 6.19. The maximum atomic E-state index is 6.19. The molecule has 1 aliphatic carbocycles. The van der Waals surface area contributed by atoms with Gasteiger partial charge in [0.15, 0.2) is 0 Å². The molecule has 0 atom stereocenters. The van der Waals surface area contributed by atoms with E-state index in [4.69, 9.17) is 11.6 Å². The summed E-state index contributed by atoms with van der Waals surface area (Å²) in [7, 11) is 0. The minimum Gasteiger partial charge on any atom is -0.354 e. The van der Waals surface area contributed by atoms with E-state index in [-0.39, 0.29) is 0 Å². The van der Waals surface area contributed by atoms with Gasteiger partial charge in [0.25, 0.3) is 0 Å². The SMILES string of the molecule is CCc1c(Cl)ncnc1N(CC)C1CCCCC1. The summed E-state index contributed by atoms with van der Waals surface area (Å²) in [6, 6.07) is 0.625. The molecule has 0 N–H and O–H groups in total. The van der Waals surface area contributed by atoms with Crippen molar-refractivity contribution in [3.63, 3.8) is 0 Å². The smallest absolute Gasteiger partial charge is 0.137 e. The molecule has 1 aromatic rings. The second-order valence-corrected chi connectivity index (χ2v) is 5.26. The monoisotopic (exact) mass is 267 g/mol. The van der Waals surface area contributed by atoms with Gasteiger partial charge in [0, 0.05) is 18.2 Å². The van der Waals surface area contributed by atoms with Crippen LogP contribution in [0.4, 0.5) is 5.82 Å². The molecule has 0 unspecified atom stereocenters. The van der Waals surface area contributed by atoms with Crippen molar-refractivity contribution in [3.8, 4) is 0 Å². The molecule has 1 aromatic heterocycles. The van der Waals surface area contributed by atoms with Crippen molar-refractivity contribution in [3.05, 3.63) is 17.0 Å². The maximum Gasteiger partial charge on any atom is 0.137 e. The van der Waals surface area contributed by atoms with Crippen molar-refractivity contribution in [1.29, 1.82) is 0 Å². The summed E-state index contributed by atoms with van der Waals surface area (Å²) in [6.45, 7) is 5.30. The second-order valence-electron chi connectivity index (χ2n) is 4.90. The Hall–Kier alpha value is -0.830. The molecule has 18 heavy (non-hydrogen) atoms. The average Bonchev–Trinajstić information content (AvgIpc) is 2.41. The first-order chi connectivity index (χ1) is 8.77. The summed E-state index contributed by atoms with van der Waals surface area (Å²) in [4.78, 5) is 11.0. The van der Waals surface area contributed by atoms with Crippen LogP contribution in [-0.2, 0) is 6.42 Å². The molecule has 1 saturated carbocycles. The van der Waals surface area contributed by atoms with Gasteiger partial charge in [-0.25, -0.2) is 9.97 Å². The van der Waals surface area contributed by atoms with Crippen molar-refractivity contribution in [2.24, 2.45) is 0 Å². The Balaban J connectivity index is 2.28. The normalized spacial score (nSPS) is 16.8. The zero-order valence-electron chi connectivity index (χ0n) is 11.3. The quantitative estimate of drug-likeness (QED) is 0.776. The third kappa shape index (κ3) is 2.77. The number of hydrogen-bond donors (Lipinski definition) is 0. The van der Waals surface area contributed by atoms with Crippen LogP contribution in [0.1, 0.15) is 51.5 Å². The first-order valence-corrected chi connectivity index (χ1v) is 7.41. The van der Waals surface area contributed by atoms with Crippen LogP contribution in [0.25, 0.3) is 0 Å². The first kappa shape index (κ1) is 13.6. The van der Waals surface area contributed by atoms with Gasteiger partial charge in [0.05, 0.1) is 0 Å². The number of nitrogens with zero attached hydrogens (tertiary/aromatic N) is 3. The molecule has 0 amide bonds. The molecular weight excluding hydrogens is 246 g/mol. The lowest BCUT2D eigenvalue weighted by molar-refractivity contribution is 0.415. The van der Waals surface area contributed by atoms with Gasteiger partial charge < -0.3 is 4.90 Å². The van der Waals surface area contributed by atoms with Gasteiger partial charge in [-0.15, -0.1) is 0 Å². The number of rotatable bonds is 4. The van der Waals surface area contributed by atoms with Gasteiger partial charge in [0.2, 0.25) is 0 Å². The topological polar surface area (TPSA) is 29.0 Å². The summed E-state index contributed by atoms with van der Waals surface area (Å²) < 4.78 is 0. The van der Waals surface area contributed by atoms with Crippen LogP contribution in [0.5, 0.6) is 0 Å². The Bertz CT molecular complexity index is 389. The van der Waals surface area contributed by atoms with Gasteiger partial charge in [-0.05, 0) is 26.2 Å². The Morgan fingerprint density at radius 3 is 2.56 bits per heavy atom. The number of anilines is 1. The van der Waals surface area contributed by atoms with E-state index >= 15 is 0 Å². The highest BCUT2D eigenvalue weighted by atomic mass is 35.5. The Morgan fingerprint density at radius 2 is 1.94 bits per heavy atom. The summed E-state index contributed by atoms with van der Waals surface area (Å²) >= 11 is 6.19. The third-order valence-electron chi connectivity index (χ3n) is 3.85. The van der Waals surface area contributed by atoms with E-state index < -0.39 is 0 Å². The molecule has 0 aliphatic heterocycles. The highest BCUT2D eigenvalue weighted by Crippen LogP contribution is 2.30. The van der Waals surface area contributed by atoms with E-state index in [2.05, 4.69) is 28.7 Å². The molecule has 1 fully saturated rings. The lowest BCUT2D eigenvalue weighted by Crippen LogP contribution is -2.38. The second kappa shape index (κ2) is 6.37. The van der Waals surface area contributed by atoms with Crippen molar-refractivity contribution in [2.75, 3.05) is 11.4 Å². The lowest BCUT2D eigenvalue weighted by Gasteiger charge is -2.35. The van der Waals surface area contributed by atoms with Crippen molar-refractivity contribution < 1.29 is 0 Å². The van der Waals surface area contributed by atoms with Crippen LogP contribution in [0, 0.1) is 0 Å². The summed E-state index contributed by atoms with van der Waals surface area (Å²) in [6.07, 6.45) is 9.07. The largest absolute Gasteiger partial charge is 0.354 e. The van der Waals surface area contributed by atoms with Gasteiger partial charge in [-0.2, -0.15) is 0 Å². The van der Waals surface area contributed by atoms with Crippen molar-refractivity contribution >= 4 is 17.4 Å². The summed E-state index contributed by atoms with van der Waals surface area (Å²) in [5.41, 5.74) is 1.09. The van der Waals surface area contributed by atoms with Crippen LogP contribution in [0.2, 0.25) is 5.15 Å². The molecule has 0 bridgehead atoms. The number of halogens is 1. The minimum atomic E-state index is 0.608. The molecule has 3 nitrogen and oxygen atoms in total. The molecule has 100 valence electrons. The molecule has 0 radical (unpaired) electrons. The molecule has 1 heterocycles. The standard InChI is InChI=1S/C14H22ClN3/c1-3-12-13(15)16-10-17-14(12)18(4-2)11-8-6-5-7-9-11/h10-11H,3-9H2,1-2H3. The highest BCUT2D eigenvalue weighted by molar-refractivity contribution is 6.30. The fourth-order valence-corrected chi connectivity index (χ4v) is 3.17. The summed E-state index contributed by atoms with van der Waals surface area (Å²) in [5.74, 6) is 1.05. The van der Waals surface area contributed by atoms with E-state index in [9.17, 15) is 0 Å². The predicted octanol–water partition coefficient (Wildman–Crippen LogP) is 3.85. The molecule has 0 saturated heterocycles. The Labute approximate surface area is 115 Å². The number of hydrogen-bond acceptors (Lipinski definition) is 3. The van der Waals surface area contributed by atoms with Crippen LogP contribution >= 0.6 is 11.6 Å². The number of aromatic nitrogens is 2. The molecule has 1 aliphatic rings. The van der Waals surface area contributed by atoms with Crippen LogP contribution in [0.3, 0.4) is 0 Å². The fourth-order valence-electron chi connectivity index (χ4n) is 2.91. The third-order valence-corrected chi connectivity index (χ3v) is 4.18. The van der Waals surface area contributed by atoms with Crippen molar-refractivity contribution in [2.45, 2.75) is 58.4 Å². The summed E-state index contributed by atoms with van der Waals surface area (Å²) in [5, 5.41) is 0.608. The Morgan fingerprint density at radius 1 is 1.22 bits per heavy atom. The van der Waals surface area contributed by atoms with E-state index in [0.29, 0.717) is 11.2 Å². The van der Waals surface area contributed by atoms with Crippen LogP contribution in [0.15, 0.2) is 6.33 Å². The van der Waals surface area contributed by atoms with E-state index in [1.807, 2.05) is 0 Å². The zero-order valence-corrected chi connectivity index (χ0v) is 12.1.